The Hall–Kier alpha value is -2.48. The lowest BCUT2D eigenvalue weighted by Crippen LogP contribution is -2.16. The third-order valence-corrected chi connectivity index (χ3v) is 4.13. The van der Waals surface area contributed by atoms with Crippen LogP contribution in [0, 0.1) is 12.7 Å². The minimum absolute atomic E-state index is 0.270. The van der Waals surface area contributed by atoms with Gasteiger partial charge in [-0.1, -0.05) is 0 Å². The maximum absolute atomic E-state index is 13.8. The largest absolute Gasteiger partial charge is 0.478 e. The van der Waals surface area contributed by atoms with Gasteiger partial charge in [-0.15, -0.1) is 0 Å². The summed E-state index contributed by atoms with van der Waals surface area (Å²) in [6.07, 6.45) is 2.86. The summed E-state index contributed by atoms with van der Waals surface area (Å²) in [6, 6.07) is 4.05. The molecule has 0 spiro atoms. The van der Waals surface area contributed by atoms with Crippen molar-refractivity contribution in [1.82, 2.24) is 4.98 Å². The van der Waals surface area contributed by atoms with Crippen molar-refractivity contribution in [3.8, 4) is 0 Å². The SMILES string of the molecule is Cc1cnccc1NS(=O)(=O)c1ccc(C(=O)O)cc1F. The van der Waals surface area contributed by atoms with Crippen molar-refractivity contribution in [1.29, 1.82) is 0 Å². The van der Waals surface area contributed by atoms with E-state index in [-0.39, 0.29) is 11.3 Å². The van der Waals surface area contributed by atoms with Gasteiger partial charge in [0.1, 0.15) is 10.7 Å². The summed E-state index contributed by atoms with van der Waals surface area (Å²) in [5.74, 6) is -2.47. The van der Waals surface area contributed by atoms with E-state index in [2.05, 4.69) is 9.71 Å². The Bertz CT molecular complexity index is 806. The van der Waals surface area contributed by atoms with E-state index in [0.717, 1.165) is 12.1 Å². The molecule has 0 atom stereocenters. The number of pyridine rings is 1. The predicted molar refractivity (Wildman–Crippen MR) is 73.1 cm³/mol. The van der Waals surface area contributed by atoms with Gasteiger partial charge in [-0.25, -0.2) is 17.6 Å². The summed E-state index contributed by atoms with van der Waals surface area (Å²) < 4.78 is 40.3. The molecule has 21 heavy (non-hydrogen) atoms. The summed E-state index contributed by atoms with van der Waals surface area (Å²) in [6.45, 7) is 1.65. The lowest BCUT2D eigenvalue weighted by Gasteiger charge is -2.11. The number of halogens is 1. The molecular formula is C13H11FN2O4S. The van der Waals surface area contributed by atoms with Crippen LogP contribution in [0.15, 0.2) is 41.6 Å². The molecule has 8 heteroatoms. The number of carboxylic acid groups (broad SMARTS) is 1. The number of hydrogen-bond donors (Lipinski definition) is 2. The second kappa shape index (κ2) is 5.49. The van der Waals surface area contributed by atoms with Crippen LogP contribution in [0.1, 0.15) is 15.9 Å². The molecule has 0 amide bonds. The topological polar surface area (TPSA) is 96.4 Å². The molecule has 0 fully saturated rings. The van der Waals surface area contributed by atoms with Gasteiger partial charge in [0, 0.05) is 12.4 Å². The van der Waals surface area contributed by atoms with E-state index in [4.69, 9.17) is 5.11 Å². The summed E-state index contributed by atoms with van der Waals surface area (Å²) >= 11 is 0. The van der Waals surface area contributed by atoms with Gasteiger partial charge < -0.3 is 5.11 Å². The molecule has 0 saturated carbocycles. The van der Waals surface area contributed by atoms with Crippen LogP contribution in [-0.2, 0) is 10.0 Å². The van der Waals surface area contributed by atoms with Crippen LogP contribution >= 0.6 is 0 Å². The highest BCUT2D eigenvalue weighted by atomic mass is 32.2. The maximum Gasteiger partial charge on any atom is 0.335 e. The Balaban J connectivity index is 2.41. The number of carboxylic acids is 1. The van der Waals surface area contributed by atoms with Gasteiger partial charge in [0.05, 0.1) is 11.3 Å². The van der Waals surface area contributed by atoms with Gasteiger partial charge in [0.15, 0.2) is 0 Å². The molecule has 2 N–H and O–H groups in total. The first-order valence-corrected chi connectivity index (χ1v) is 7.26. The van der Waals surface area contributed by atoms with E-state index in [1.807, 2.05) is 0 Å². The number of aromatic carboxylic acids is 1. The molecule has 2 aromatic rings. The minimum Gasteiger partial charge on any atom is -0.478 e. The monoisotopic (exact) mass is 310 g/mol. The Kier molecular flexibility index (Phi) is 3.90. The fourth-order valence-electron chi connectivity index (χ4n) is 1.64. The highest BCUT2D eigenvalue weighted by molar-refractivity contribution is 7.92. The van der Waals surface area contributed by atoms with E-state index < -0.39 is 26.7 Å². The van der Waals surface area contributed by atoms with Gasteiger partial charge >= 0.3 is 5.97 Å². The third-order valence-electron chi connectivity index (χ3n) is 2.73. The Morgan fingerprint density at radius 1 is 1.33 bits per heavy atom. The summed E-state index contributed by atoms with van der Waals surface area (Å²) in [5, 5.41) is 8.74. The second-order valence-corrected chi connectivity index (χ2v) is 5.90. The van der Waals surface area contributed by atoms with Gasteiger partial charge in [0.2, 0.25) is 0 Å². The number of sulfonamides is 1. The Morgan fingerprint density at radius 2 is 2.05 bits per heavy atom. The Labute approximate surface area is 120 Å². The zero-order valence-corrected chi connectivity index (χ0v) is 11.7. The number of rotatable bonds is 4. The van der Waals surface area contributed by atoms with E-state index >= 15 is 0 Å². The lowest BCUT2D eigenvalue weighted by molar-refractivity contribution is 0.0696. The molecule has 0 aliphatic heterocycles. The van der Waals surface area contributed by atoms with Crippen molar-refractivity contribution in [3.05, 3.63) is 53.6 Å². The van der Waals surface area contributed by atoms with E-state index in [0.29, 0.717) is 11.6 Å². The number of anilines is 1. The van der Waals surface area contributed by atoms with Gasteiger partial charge in [-0.3, -0.25) is 9.71 Å². The average molecular weight is 310 g/mol. The molecular weight excluding hydrogens is 299 g/mol. The fourth-order valence-corrected chi connectivity index (χ4v) is 2.83. The highest BCUT2D eigenvalue weighted by Gasteiger charge is 2.21. The molecule has 2 rings (SSSR count). The van der Waals surface area contributed by atoms with Gasteiger partial charge in [-0.2, -0.15) is 0 Å². The van der Waals surface area contributed by atoms with E-state index in [9.17, 15) is 17.6 Å². The predicted octanol–water partition coefficient (Wildman–Crippen LogP) is 2.03. The zero-order valence-electron chi connectivity index (χ0n) is 10.9. The van der Waals surface area contributed by atoms with Crippen molar-refractivity contribution < 1.29 is 22.7 Å². The van der Waals surface area contributed by atoms with Crippen LogP contribution in [0.2, 0.25) is 0 Å². The number of nitrogens with one attached hydrogen (secondary N) is 1. The first-order valence-electron chi connectivity index (χ1n) is 5.77. The van der Waals surface area contributed by atoms with Crippen molar-refractivity contribution in [2.75, 3.05) is 4.72 Å². The number of benzene rings is 1. The molecule has 1 heterocycles. The molecule has 0 aliphatic carbocycles. The lowest BCUT2D eigenvalue weighted by atomic mass is 10.2. The number of carbonyl (C=O) groups is 1. The Morgan fingerprint density at radius 3 is 2.62 bits per heavy atom. The van der Waals surface area contributed by atoms with Crippen molar-refractivity contribution in [2.45, 2.75) is 11.8 Å². The molecule has 0 radical (unpaired) electrons. The molecule has 110 valence electrons. The van der Waals surface area contributed by atoms with Crippen LogP contribution in [-0.4, -0.2) is 24.5 Å². The van der Waals surface area contributed by atoms with Crippen LogP contribution in [0.3, 0.4) is 0 Å². The van der Waals surface area contributed by atoms with Crippen LogP contribution in [0.4, 0.5) is 10.1 Å². The van der Waals surface area contributed by atoms with E-state index in [1.54, 1.807) is 6.92 Å². The molecule has 0 unspecified atom stereocenters. The zero-order chi connectivity index (χ0) is 15.6. The molecule has 1 aromatic carbocycles. The van der Waals surface area contributed by atoms with Crippen molar-refractivity contribution in [2.24, 2.45) is 0 Å². The summed E-state index contributed by atoms with van der Waals surface area (Å²) in [5.41, 5.74) is 0.516. The number of aryl methyl sites for hydroxylation is 1. The number of hydrogen-bond acceptors (Lipinski definition) is 4. The summed E-state index contributed by atoms with van der Waals surface area (Å²) in [7, 11) is -4.15. The first-order chi connectivity index (χ1) is 9.81. The number of nitrogens with zero attached hydrogens (tertiary/aromatic N) is 1. The van der Waals surface area contributed by atoms with Crippen molar-refractivity contribution >= 4 is 21.7 Å². The van der Waals surface area contributed by atoms with Crippen molar-refractivity contribution in [3.63, 3.8) is 0 Å². The second-order valence-electron chi connectivity index (χ2n) is 4.25. The molecule has 0 saturated heterocycles. The smallest absolute Gasteiger partial charge is 0.335 e. The van der Waals surface area contributed by atoms with E-state index in [1.165, 1.54) is 18.5 Å². The highest BCUT2D eigenvalue weighted by Crippen LogP contribution is 2.21. The molecule has 1 aromatic heterocycles. The molecule has 0 aliphatic rings. The number of aromatic nitrogens is 1. The fraction of sp³-hybridized carbons (Fsp3) is 0.0769. The first kappa shape index (κ1) is 14.9. The van der Waals surface area contributed by atoms with Crippen LogP contribution in [0.25, 0.3) is 0 Å². The van der Waals surface area contributed by atoms with Crippen LogP contribution in [0.5, 0.6) is 0 Å². The minimum atomic E-state index is -4.15. The van der Waals surface area contributed by atoms with Crippen LogP contribution < -0.4 is 4.72 Å². The average Bonchev–Trinajstić information content (AvgIpc) is 2.40. The standard InChI is InChI=1S/C13H11FN2O4S/c1-8-7-15-5-4-11(8)16-21(19,20)12-3-2-9(13(17)18)6-10(12)14/h2-7H,1H3,(H,15,16)(H,17,18). The summed E-state index contributed by atoms with van der Waals surface area (Å²) in [4.78, 5) is 13.9. The molecule has 6 nitrogen and oxygen atoms in total. The maximum atomic E-state index is 13.8. The van der Waals surface area contributed by atoms with Gasteiger partial charge in [0.25, 0.3) is 10.0 Å². The quantitative estimate of drug-likeness (QED) is 0.900. The normalized spacial score (nSPS) is 11.1. The van der Waals surface area contributed by atoms with Gasteiger partial charge in [-0.05, 0) is 36.8 Å². The third kappa shape index (κ3) is 3.16. The molecule has 0 bridgehead atoms.